The zero-order chi connectivity index (χ0) is 31.0. The van der Waals surface area contributed by atoms with Crippen LogP contribution in [0, 0.1) is 0 Å². The maximum Gasteiger partial charge on any atom is 0.326 e. The lowest BCUT2D eigenvalue weighted by molar-refractivity contribution is -0.143. The van der Waals surface area contributed by atoms with Crippen LogP contribution in [0.2, 0.25) is 0 Å². The Hall–Kier alpha value is -1.14. The number of esters is 1. The van der Waals surface area contributed by atoms with Crippen LogP contribution in [0.15, 0.2) is 24.3 Å². The van der Waals surface area contributed by atoms with E-state index in [1.807, 2.05) is 0 Å². The number of carbonyl (C=O) groups excluding carboxylic acids is 1. The van der Waals surface area contributed by atoms with Crippen molar-refractivity contribution in [2.24, 2.45) is 0 Å². The molecule has 0 amide bonds. The number of ether oxygens (including phenoxy) is 1. The fourth-order valence-electron chi connectivity index (χ4n) is 5.23. The highest BCUT2D eigenvalue weighted by atomic mass is 32.2. The summed E-state index contributed by atoms with van der Waals surface area (Å²) < 4.78 is 38.3. The lowest BCUT2D eigenvalue weighted by atomic mass is 10.1. The molecule has 42 heavy (non-hydrogen) atoms. The SMILES string of the molecule is CCCCCCCCC=CCCCCCCCCOC(=O)C(CCCCCCC=CCCCCCCCC)S(=O)(=O)O. The molecule has 6 heteroatoms. The summed E-state index contributed by atoms with van der Waals surface area (Å²) in [6.45, 7) is 4.72. The molecule has 0 saturated heterocycles. The summed E-state index contributed by atoms with van der Waals surface area (Å²) in [6, 6.07) is 0. The number of carbonyl (C=O) groups is 1. The van der Waals surface area contributed by atoms with Gasteiger partial charge in [0.05, 0.1) is 6.61 Å². The van der Waals surface area contributed by atoms with Crippen LogP contribution in [0.4, 0.5) is 0 Å². The summed E-state index contributed by atoms with van der Waals surface area (Å²) in [5.41, 5.74) is 0. The first-order valence-corrected chi connectivity index (χ1v) is 19.4. The molecule has 0 aliphatic heterocycles. The van der Waals surface area contributed by atoms with E-state index in [-0.39, 0.29) is 13.0 Å². The fraction of sp³-hybridized carbons (Fsp3) is 0.861. The third kappa shape index (κ3) is 29.0. The Bertz CT molecular complexity index is 744. The van der Waals surface area contributed by atoms with Crippen LogP contribution < -0.4 is 0 Å². The molecule has 0 aromatic heterocycles. The molecule has 0 aromatic carbocycles. The van der Waals surface area contributed by atoms with Gasteiger partial charge in [-0.1, -0.05) is 147 Å². The molecule has 0 saturated carbocycles. The summed E-state index contributed by atoms with van der Waals surface area (Å²) in [5, 5.41) is -1.45. The third-order valence-corrected chi connectivity index (χ3v) is 9.15. The van der Waals surface area contributed by atoms with E-state index in [9.17, 15) is 17.8 Å². The molecule has 1 atom stereocenters. The van der Waals surface area contributed by atoms with Crippen LogP contribution in [0.1, 0.15) is 187 Å². The van der Waals surface area contributed by atoms with E-state index in [0.29, 0.717) is 6.42 Å². The number of allylic oxidation sites excluding steroid dienone is 4. The van der Waals surface area contributed by atoms with E-state index >= 15 is 0 Å². The predicted molar refractivity (Wildman–Crippen MR) is 181 cm³/mol. The van der Waals surface area contributed by atoms with Gasteiger partial charge in [0.25, 0.3) is 10.1 Å². The first-order chi connectivity index (χ1) is 20.4. The van der Waals surface area contributed by atoms with Gasteiger partial charge in [0.15, 0.2) is 5.25 Å². The smallest absolute Gasteiger partial charge is 0.326 e. The Morgan fingerprint density at radius 3 is 1.26 bits per heavy atom. The fourth-order valence-corrected chi connectivity index (χ4v) is 6.00. The van der Waals surface area contributed by atoms with Crippen LogP contribution in [0.3, 0.4) is 0 Å². The van der Waals surface area contributed by atoms with Crippen molar-refractivity contribution in [2.75, 3.05) is 6.61 Å². The Labute approximate surface area is 261 Å². The highest BCUT2D eigenvalue weighted by Gasteiger charge is 2.31. The van der Waals surface area contributed by atoms with Gasteiger partial charge in [0.1, 0.15) is 0 Å². The lowest BCUT2D eigenvalue weighted by Crippen LogP contribution is -2.32. The van der Waals surface area contributed by atoms with Gasteiger partial charge in [-0.05, 0) is 64.2 Å². The molecule has 0 aromatic rings. The maximum atomic E-state index is 12.3. The van der Waals surface area contributed by atoms with E-state index < -0.39 is 21.3 Å². The largest absolute Gasteiger partial charge is 0.465 e. The molecular formula is C36H68O5S. The van der Waals surface area contributed by atoms with Crippen LogP contribution in [0.25, 0.3) is 0 Å². The zero-order valence-corrected chi connectivity index (χ0v) is 28.5. The third-order valence-electron chi connectivity index (χ3n) is 8.00. The minimum absolute atomic E-state index is 0.124. The molecule has 1 N–H and O–H groups in total. The molecule has 0 bridgehead atoms. The molecular weight excluding hydrogens is 544 g/mol. The van der Waals surface area contributed by atoms with Crippen molar-refractivity contribution in [3.63, 3.8) is 0 Å². The van der Waals surface area contributed by atoms with Gasteiger partial charge in [-0.25, -0.2) is 0 Å². The van der Waals surface area contributed by atoms with Gasteiger partial charge in [-0.2, -0.15) is 8.42 Å². The second-order valence-electron chi connectivity index (χ2n) is 12.1. The molecule has 0 aliphatic rings. The van der Waals surface area contributed by atoms with E-state index in [1.165, 1.54) is 103 Å². The number of hydrogen-bond donors (Lipinski definition) is 1. The van der Waals surface area contributed by atoms with Crippen molar-refractivity contribution in [3.8, 4) is 0 Å². The van der Waals surface area contributed by atoms with Crippen LogP contribution >= 0.6 is 0 Å². The quantitative estimate of drug-likeness (QED) is 0.0354. The Morgan fingerprint density at radius 1 is 0.548 bits per heavy atom. The van der Waals surface area contributed by atoms with Crippen molar-refractivity contribution >= 4 is 16.1 Å². The standard InChI is InChI=1S/C36H68O5S/c1-3-5-7-9-11-13-15-17-19-20-22-24-26-28-30-32-34-41-36(37)35(42(38,39)40)33-31-29-27-25-23-21-18-16-14-12-10-8-6-4-2/h17-19,21,35H,3-16,20,22-34H2,1-2H3,(H,38,39,40). The predicted octanol–water partition coefficient (Wildman–Crippen LogP) is 11.5. The molecule has 1 unspecified atom stereocenters. The molecule has 0 radical (unpaired) electrons. The van der Waals surface area contributed by atoms with Gasteiger partial charge < -0.3 is 4.74 Å². The first-order valence-electron chi connectivity index (χ1n) is 17.9. The monoisotopic (exact) mass is 612 g/mol. The van der Waals surface area contributed by atoms with Crippen molar-refractivity contribution < 1.29 is 22.5 Å². The summed E-state index contributed by atoms with van der Waals surface area (Å²) in [5.74, 6) is -0.803. The molecule has 0 rings (SSSR count). The average molecular weight is 613 g/mol. The molecule has 0 fully saturated rings. The van der Waals surface area contributed by atoms with Gasteiger partial charge in [0, 0.05) is 0 Å². The maximum absolute atomic E-state index is 12.3. The van der Waals surface area contributed by atoms with Crippen LogP contribution in [-0.4, -0.2) is 30.8 Å². The minimum atomic E-state index is -4.45. The van der Waals surface area contributed by atoms with Crippen molar-refractivity contribution in [1.29, 1.82) is 0 Å². The Balaban J connectivity index is 3.74. The molecule has 248 valence electrons. The van der Waals surface area contributed by atoms with E-state index in [2.05, 4.69) is 38.2 Å². The Kier molecular flexibility index (Phi) is 30.4. The molecule has 5 nitrogen and oxygen atoms in total. The summed E-state index contributed by atoms with van der Waals surface area (Å²) in [4.78, 5) is 12.3. The number of unbranched alkanes of at least 4 members (excludes halogenated alkanes) is 22. The summed E-state index contributed by atoms with van der Waals surface area (Å²) >= 11 is 0. The molecule has 0 aliphatic carbocycles. The number of hydrogen-bond acceptors (Lipinski definition) is 4. The van der Waals surface area contributed by atoms with Gasteiger partial charge in [-0.15, -0.1) is 0 Å². The highest BCUT2D eigenvalue weighted by Crippen LogP contribution is 2.16. The highest BCUT2D eigenvalue weighted by molar-refractivity contribution is 7.87. The second-order valence-corrected chi connectivity index (χ2v) is 13.7. The normalized spacial score (nSPS) is 12.9. The van der Waals surface area contributed by atoms with Crippen LogP contribution in [0.5, 0.6) is 0 Å². The topological polar surface area (TPSA) is 80.7 Å². The van der Waals surface area contributed by atoms with Crippen molar-refractivity contribution in [2.45, 2.75) is 192 Å². The van der Waals surface area contributed by atoms with Crippen LogP contribution in [-0.2, 0) is 19.6 Å². The summed E-state index contributed by atoms with van der Waals surface area (Å²) in [7, 11) is -4.45. The lowest BCUT2D eigenvalue weighted by Gasteiger charge is -2.13. The average Bonchev–Trinajstić information content (AvgIpc) is 2.96. The Morgan fingerprint density at radius 2 is 0.881 bits per heavy atom. The van der Waals surface area contributed by atoms with Gasteiger partial charge in [0.2, 0.25) is 0 Å². The van der Waals surface area contributed by atoms with Crippen molar-refractivity contribution in [3.05, 3.63) is 24.3 Å². The van der Waals surface area contributed by atoms with E-state index in [1.54, 1.807) is 0 Å². The minimum Gasteiger partial charge on any atom is -0.465 e. The summed E-state index contributed by atoms with van der Waals surface area (Å²) in [6.07, 6.45) is 39.8. The molecule has 0 heterocycles. The molecule has 0 spiro atoms. The first kappa shape index (κ1) is 40.9. The van der Waals surface area contributed by atoms with E-state index in [0.717, 1.165) is 57.8 Å². The van der Waals surface area contributed by atoms with Gasteiger partial charge in [-0.3, -0.25) is 9.35 Å². The zero-order valence-electron chi connectivity index (χ0n) is 27.7. The number of rotatable bonds is 32. The van der Waals surface area contributed by atoms with Gasteiger partial charge >= 0.3 is 5.97 Å². The second kappa shape index (κ2) is 31.3. The van der Waals surface area contributed by atoms with E-state index in [4.69, 9.17) is 4.74 Å². The van der Waals surface area contributed by atoms with Crippen molar-refractivity contribution in [1.82, 2.24) is 0 Å².